The van der Waals surface area contributed by atoms with Gasteiger partial charge in [0.05, 0.1) is 10.5 Å². The normalized spacial score (nSPS) is 26.2. The number of rotatable bonds is 4. The van der Waals surface area contributed by atoms with Gasteiger partial charge in [-0.2, -0.15) is 0 Å². The first-order valence-electron chi connectivity index (χ1n) is 6.80. The van der Waals surface area contributed by atoms with Crippen molar-refractivity contribution in [2.75, 3.05) is 11.9 Å². The second-order valence-corrected chi connectivity index (χ2v) is 6.56. The summed E-state index contributed by atoms with van der Waals surface area (Å²) in [6.07, 6.45) is 3.81. The number of benzene rings is 1. The largest absolute Gasteiger partial charge is 0.388 e. The number of aliphatic hydroxyl groups is 1. The van der Waals surface area contributed by atoms with E-state index in [1.54, 1.807) is 6.07 Å². The highest BCUT2D eigenvalue weighted by molar-refractivity contribution is 9.10. The van der Waals surface area contributed by atoms with E-state index in [0.717, 1.165) is 24.9 Å². The molecule has 1 aliphatic rings. The van der Waals surface area contributed by atoms with Crippen LogP contribution in [0.3, 0.4) is 0 Å². The van der Waals surface area contributed by atoms with E-state index in [9.17, 15) is 15.2 Å². The van der Waals surface area contributed by atoms with Crippen molar-refractivity contribution in [3.05, 3.63) is 32.8 Å². The summed E-state index contributed by atoms with van der Waals surface area (Å²) in [5.74, 6) is 0.538. The number of nitrogens with zero attached hydrogens (tertiary/aromatic N) is 1. The third kappa shape index (κ3) is 3.70. The Morgan fingerprint density at radius 1 is 1.60 bits per heavy atom. The van der Waals surface area contributed by atoms with E-state index in [1.807, 2.05) is 0 Å². The molecule has 0 spiro atoms. The van der Waals surface area contributed by atoms with Crippen LogP contribution in [-0.2, 0) is 0 Å². The number of non-ortho nitro benzene ring substituents is 1. The Bertz CT molecular complexity index is 509. The molecule has 2 unspecified atom stereocenters. The second-order valence-electron chi connectivity index (χ2n) is 5.70. The van der Waals surface area contributed by atoms with Gasteiger partial charge in [0.1, 0.15) is 0 Å². The number of halogens is 1. The Morgan fingerprint density at radius 3 is 2.95 bits per heavy atom. The van der Waals surface area contributed by atoms with Crippen LogP contribution in [0.5, 0.6) is 0 Å². The molecule has 1 aromatic carbocycles. The zero-order valence-corrected chi connectivity index (χ0v) is 13.0. The summed E-state index contributed by atoms with van der Waals surface area (Å²) in [4.78, 5) is 10.3. The van der Waals surface area contributed by atoms with Gasteiger partial charge in [-0.25, -0.2) is 0 Å². The fourth-order valence-corrected chi connectivity index (χ4v) is 3.32. The Labute approximate surface area is 126 Å². The number of hydrogen-bond donors (Lipinski definition) is 2. The first-order chi connectivity index (χ1) is 9.39. The van der Waals surface area contributed by atoms with E-state index >= 15 is 0 Å². The minimum Gasteiger partial charge on any atom is -0.388 e. The fourth-order valence-electron chi connectivity index (χ4n) is 2.81. The average Bonchev–Trinajstić information content (AvgIpc) is 2.36. The minimum absolute atomic E-state index is 0.0485. The monoisotopic (exact) mass is 342 g/mol. The molecular weight excluding hydrogens is 324 g/mol. The van der Waals surface area contributed by atoms with Crippen molar-refractivity contribution in [3.63, 3.8) is 0 Å². The van der Waals surface area contributed by atoms with E-state index in [1.165, 1.54) is 18.6 Å². The van der Waals surface area contributed by atoms with Crippen LogP contribution >= 0.6 is 15.9 Å². The van der Waals surface area contributed by atoms with Gasteiger partial charge in [0.2, 0.25) is 0 Å². The summed E-state index contributed by atoms with van der Waals surface area (Å²) in [5, 5.41) is 24.4. The number of anilines is 1. The molecule has 0 amide bonds. The van der Waals surface area contributed by atoms with Crippen molar-refractivity contribution in [2.24, 2.45) is 5.92 Å². The third-order valence-electron chi connectivity index (χ3n) is 3.84. The molecule has 110 valence electrons. The summed E-state index contributed by atoms with van der Waals surface area (Å²) in [7, 11) is 0. The van der Waals surface area contributed by atoms with E-state index < -0.39 is 10.5 Å². The zero-order chi connectivity index (χ0) is 14.8. The average molecular weight is 343 g/mol. The van der Waals surface area contributed by atoms with Crippen molar-refractivity contribution in [2.45, 2.75) is 38.2 Å². The van der Waals surface area contributed by atoms with Crippen LogP contribution in [-0.4, -0.2) is 22.2 Å². The topological polar surface area (TPSA) is 75.4 Å². The Hall–Kier alpha value is -1.14. The zero-order valence-electron chi connectivity index (χ0n) is 11.4. The van der Waals surface area contributed by atoms with Crippen LogP contribution < -0.4 is 5.32 Å². The molecule has 1 saturated carbocycles. The smallest absolute Gasteiger partial charge is 0.270 e. The molecule has 1 aromatic rings. The van der Waals surface area contributed by atoms with Crippen LogP contribution in [0.15, 0.2) is 22.7 Å². The maximum Gasteiger partial charge on any atom is 0.270 e. The molecule has 6 heteroatoms. The molecule has 20 heavy (non-hydrogen) atoms. The standard InChI is InChI=1S/C14H19BrN2O3/c1-10-3-2-6-14(18,8-10)9-16-13-5-4-11(17(19)20)7-12(13)15/h4-5,7,10,16,18H,2-3,6,8-9H2,1H3. The second kappa shape index (κ2) is 6.10. The molecule has 0 aliphatic heterocycles. The van der Waals surface area contributed by atoms with E-state index in [0.29, 0.717) is 16.9 Å². The van der Waals surface area contributed by atoms with Gasteiger partial charge in [-0.3, -0.25) is 10.1 Å². The van der Waals surface area contributed by atoms with Crippen LogP contribution in [0, 0.1) is 16.0 Å². The predicted molar refractivity (Wildman–Crippen MR) is 81.9 cm³/mol. The highest BCUT2D eigenvalue weighted by Crippen LogP contribution is 2.33. The number of nitro groups is 1. The first-order valence-corrected chi connectivity index (χ1v) is 7.59. The summed E-state index contributed by atoms with van der Waals surface area (Å²) in [6, 6.07) is 4.59. The molecule has 2 rings (SSSR count). The molecule has 0 saturated heterocycles. The highest BCUT2D eigenvalue weighted by Gasteiger charge is 2.32. The van der Waals surface area contributed by atoms with Crippen molar-refractivity contribution < 1.29 is 10.0 Å². The maximum absolute atomic E-state index is 10.7. The van der Waals surface area contributed by atoms with Gasteiger partial charge in [-0.05, 0) is 40.8 Å². The quantitative estimate of drug-likeness (QED) is 0.645. The number of hydrogen-bond acceptors (Lipinski definition) is 4. The molecule has 1 fully saturated rings. The summed E-state index contributed by atoms with van der Waals surface area (Å²) < 4.78 is 0.638. The van der Waals surface area contributed by atoms with Crippen molar-refractivity contribution in [1.82, 2.24) is 0 Å². The lowest BCUT2D eigenvalue weighted by molar-refractivity contribution is -0.384. The highest BCUT2D eigenvalue weighted by atomic mass is 79.9. The van der Waals surface area contributed by atoms with Gasteiger partial charge in [-0.1, -0.05) is 19.8 Å². The molecule has 0 aromatic heterocycles. The van der Waals surface area contributed by atoms with E-state index in [-0.39, 0.29) is 5.69 Å². The molecule has 5 nitrogen and oxygen atoms in total. The lowest BCUT2D eigenvalue weighted by atomic mass is 9.79. The molecule has 0 radical (unpaired) electrons. The fraction of sp³-hybridized carbons (Fsp3) is 0.571. The lowest BCUT2D eigenvalue weighted by Crippen LogP contribution is -2.41. The van der Waals surface area contributed by atoms with Crippen LogP contribution in [0.1, 0.15) is 32.6 Å². The summed E-state index contributed by atoms with van der Waals surface area (Å²) in [5.41, 5.74) is 0.133. The maximum atomic E-state index is 10.7. The Morgan fingerprint density at radius 2 is 2.35 bits per heavy atom. The van der Waals surface area contributed by atoms with Crippen LogP contribution in [0.4, 0.5) is 11.4 Å². The van der Waals surface area contributed by atoms with Gasteiger partial charge in [-0.15, -0.1) is 0 Å². The van der Waals surface area contributed by atoms with Gasteiger partial charge < -0.3 is 10.4 Å². The Balaban J connectivity index is 2.02. The summed E-state index contributed by atoms with van der Waals surface area (Å²) in [6.45, 7) is 2.62. The van der Waals surface area contributed by atoms with E-state index in [4.69, 9.17) is 0 Å². The first kappa shape index (κ1) is 15.3. The molecule has 2 atom stereocenters. The lowest BCUT2D eigenvalue weighted by Gasteiger charge is -2.36. The van der Waals surface area contributed by atoms with Crippen molar-refractivity contribution in [3.8, 4) is 0 Å². The Kier molecular flexibility index (Phi) is 4.65. The third-order valence-corrected chi connectivity index (χ3v) is 4.49. The molecule has 0 heterocycles. The van der Waals surface area contributed by atoms with Gasteiger partial charge >= 0.3 is 0 Å². The van der Waals surface area contributed by atoms with Gasteiger partial charge in [0, 0.05) is 28.8 Å². The van der Waals surface area contributed by atoms with Gasteiger partial charge in [0.25, 0.3) is 5.69 Å². The molecule has 1 aliphatic carbocycles. The summed E-state index contributed by atoms with van der Waals surface area (Å²) >= 11 is 3.32. The van der Waals surface area contributed by atoms with Gasteiger partial charge in [0.15, 0.2) is 0 Å². The predicted octanol–water partition coefficient (Wildman–Crippen LogP) is 3.71. The molecular formula is C14H19BrN2O3. The van der Waals surface area contributed by atoms with Crippen LogP contribution in [0.2, 0.25) is 0 Å². The minimum atomic E-state index is -0.682. The number of nitrogens with one attached hydrogen (secondary N) is 1. The van der Waals surface area contributed by atoms with Crippen LogP contribution in [0.25, 0.3) is 0 Å². The molecule has 0 bridgehead atoms. The molecule has 2 N–H and O–H groups in total. The van der Waals surface area contributed by atoms with Crippen molar-refractivity contribution in [1.29, 1.82) is 0 Å². The van der Waals surface area contributed by atoms with E-state index in [2.05, 4.69) is 28.2 Å². The number of nitro benzene ring substituents is 1. The SMILES string of the molecule is CC1CCCC(O)(CNc2ccc([N+](=O)[O-])cc2Br)C1. The van der Waals surface area contributed by atoms with Crippen molar-refractivity contribution >= 4 is 27.3 Å².